The Morgan fingerprint density at radius 2 is 1.43 bits per heavy atom. The molecule has 0 aromatic heterocycles. The van der Waals surface area contributed by atoms with Crippen LogP contribution >= 0.6 is 0 Å². The molecule has 1 saturated heterocycles. The number of ether oxygens (including phenoxy) is 3. The molecule has 0 atom stereocenters. The lowest BCUT2D eigenvalue weighted by Gasteiger charge is -2.35. The largest absolute Gasteiger partial charge is 0.490 e. The van der Waals surface area contributed by atoms with Crippen molar-refractivity contribution in [3.05, 3.63) is 53.3 Å². The van der Waals surface area contributed by atoms with E-state index in [0.29, 0.717) is 87.5 Å². The lowest BCUT2D eigenvalue weighted by atomic mass is 10.1. The van der Waals surface area contributed by atoms with Gasteiger partial charge in [-0.25, -0.2) is 4.39 Å². The SMILES string of the molecule is CCOc1cc(C(=O)N2CCN(CCNC(=O)c3ccc(F)cc3)CC2)cc(OCC)c1OCC. The molecule has 0 unspecified atom stereocenters. The number of amides is 2. The van der Waals surface area contributed by atoms with Gasteiger partial charge in [-0.1, -0.05) is 0 Å². The van der Waals surface area contributed by atoms with Crippen LogP contribution in [0.15, 0.2) is 36.4 Å². The number of carbonyl (C=O) groups excluding carboxylic acids is 2. The van der Waals surface area contributed by atoms with E-state index in [9.17, 15) is 14.0 Å². The predicted molar refractivity (Wildman–Crippen MR) is 131 cm³/mol. The summed E-state index contributed by atoms with van der Waals surface area (Å²) in [6.07, 6.45) is 0. The van der Waals surface area contributed by atoms with Crippen molar-refractivity contribution in [2.24, 2.45) is 0 Å². The number of nitrogens with one attached hydrogen (secondary N) is 1. The fourth-order valence-corrected chi connectivity index (χ4v) is 3.90. The van der Waals surface area contributed by atoms with E-state index in [2.05, 4.69) is 10.2 Å². The van der Waals surface area contributed by atoms with Gasteiger partial charge in [0.25, 0.3) is 11.8 Å². The van der Waals surface area contributed by atoms with Gasteiger partial charge in [0.1, 0.15) is 5.82 Å². The minimum absolute atomic E-state index is 0.0841. The molecular formula is C26H34FN3O5. The van der Waals surface area contributed by atoms with Crippen LogP contribution in [0.5, 0.6) is 17.2 Å². The molecule has 1 aliphatic heterocycles. The molecule has 1 N–H and O–H groups in total. The summed E-state index contributed by atoms with van der Waals surface area (Å²) in [4.78, 5) is 29.4. The van der Waals surface area contributed by atoms with Crippen molar-refractivity contribution in [3.63, 3.8) is 0 Å². The summed E-state index contributed by atoms with van der Waals surface area (Å²) in [7, 11) is 0. The normalized spacial score (nSPS) is 13.9. The van der Waals surface area contributed by atoms with Crippen LogP contribution in [0, 0.1) is 5.82 Å². The van der Waals surface area contributed by atoms with E-state index in [0.717, 1.165) is 0 Å². The standard InChI is InChI=1S/C26H34FN3O5/c1-4-33-22-17-20(18-23(34-5-2)24(22)35-6-3)26(32)30-15-13-29(14-16-30)12-11-28-25(31)19-7-9-21(27)10-8-19/h7-10,17-18H,4-6,11-16H2,1-3H3,(H,28,31). The Labute approximate surface area is 205 Å². The zero-order valence-electron chi connectivity index (χ0n) is 20.6. The molecule has 0 saturated carbocycles. The summed E-state index contributed by atoms with van der Waals surface area (Å²) in [5.74, 6) is 0.824. The first kappa shape index (κ1) is 26.3. The minimum Gasteiger partial charge on any atom is -0.490 e. The number of piperazine rings is 1. The molecule has 35 heavy (non-hydrogen) atoms. The Morgan fingerprint density at radius 1 is 0.857 bits per heavy atom. The van der Waals surface area contributed by atoms with Gasteiger partial charge in [-0.3, -0.25) is 14.5 Å². The highest BCUT2D eigenvalue weighted by Crippen LogP contribution is 2.39. The molecule has 0 spiro atoms. The molecule has 190 valence electrons. The van der Waals surface area contributed by atoms with E-state index in [1.165, 1.54) is 24.3 Å². The second-order valence-electron chi connectivity index (χ2n) is 8.00. The summed E-state index contributed by atoms with van der Waals surface area (Å²) in [6, 6.07) is 8.90. The first-order valence-electron chi connectivity index (χ1n) is 12.1. The van der Waals surface area contributed by atoms with Gasteiger partial charge in [0.15, 0.2) is 11.5 Å². The smallest absolute Gasteiger partial charge is 0.254 e. The van der Waals surface area contributed by atoms with E-state index in [1.807, 2.05) is 25.7 Å². The molecule has 0 bridgehead atoms. The Hall–Kier alpha value is -3.33. The summed E-state index contributed by atoms with van der Waals surface area (Å²) in [6.45, 7) is 10.7. The number of halogens is 1. The number of nitrogens with zero attached hydrogens (tertiary/aromatic N) is 2. The topological polar surface area (TPSA) is 80.3 Å². The third-order valence-electron chi connectivity index (χ3n) is 5.64. The van der Waals surface area contributed by atoms with Crippen molar-refractivity contribution in [1.29, 1.82) is 0 Å². The minimum atomic E-state index is -0.373. The molecule has 2 aromatic carbocycles. The summed E-state index contributed by atoms with van der Waals surface area (Å²) in [5.41, 5.74) is 0.926. The Balaban J connectivity index is 1.55. The molecule has 1 aliphatic rings. The maximum atomic E-state index is 13.2. The Kier molecular flexibility index (Phi) is 9.72. The first-order chi connectivity index (χ1) is 17.0. The summed E-state index contributed by atoms with van der Waals surface area (Å²) in [5, 5.41) is 2.85. The van der Waals surface area contributed by atoms with Crippen LogP contribution < -0.4 is 19.5 Å². The molecule has 1 fully saturated rings. The van der Waals surface area contributed by atoms with Crippen LogP contribution in [0.4, 0.5) is 4.39 Å². The van der Waals surface area contributed by atoms with Crippen molar-refractivity contribution < 1.29 is 28.2 Å². The molecule has 3 rings (SSSR count). The molecule has 0 aliphatic carbocycles. The highest BCUT2D eigenvalue weighted by atomic mass is 19.1. The van der Waals surface area contributed by atoms with Crippen molar-refractivity contribution in [3.8, 4) is 17.2 Å². The van der Waals surface area contributed by atoms with Gasteiger partial charge < -0.3 is 24.4 Å². The fourth-order valence-electron chi connectivity index (χ4n) is 3.90. The van der Waals surface area contributed by atoms with Gasteiger partial charge in [-0.2, -0.15) is 0 Å². The second-order valence-corrected chi connectivity index (χ2v) is 8.00. The van der Waals surface area contributed by atoms with Crippen LogP contribution in [0.1, 0.15) is 41.5 Å². The molecular weight excluding hydrogens is 453 g/mol. The van der Waals surface area contributed by atoms with Crippen LogP contribution in [-0.2, 0) is 0 Å². The monoisotopic (exact) mass is 487 g/mol. The van der Waals surface area contributed by atoms with E-state index in [-0.39, 0.29) is 17.6 Å². The zero-order valence-corrected chi connectivity index (χ0v) is 20.6. The van der Waals surface area contributed by atoms with Crippen molar-refractivity contribution in [1.82, 2.24) is 15.1 Å². The average Bonchev–Trinajstić information content (AvgIpc) is 2.86. The number of hydrogen-bond donors (Lipinski definition) is 1. The number of benzene rings is 2. The Morgan fingerprint density at radius 3 is 1.97 bits per heavy atom. The van der Waals surface area contributed by atoms with Crippen LogP contribution in [0.3, 0.4) is 0 Å². The maximum Gasteiger partial charge on any atom is 0.254 e. The molecule has 0 radical (unpaired) electrons. The maximum absolute atomic E-state index is 13.2. The molecule has 8 nitrogen and oxygen atoms in total. The second kappa shape index (κ2) is 12.9. The van der Waals surface area contributed by atoms with E-state index < -0.39 is 0 Å². The highest BCUT2D eigenvalue weighted by molar-refractivity contribution is 5.96. The number of hydrogen-bond acceptors (Lipinski definition) is 6. The molecule has 1 heterocycles. The van der Waals surface area contributed by atoms with Crippen LogP contribution in [0.2, 0.25) is 0 Å². The lowest BCUT2D eigenvalue weighted by Crippen LogP contribution is -2.50. The van der Waals surface area contributed by atoms with Crippen molar-refractivity contribution in [2.45, 2.75) is 20.8 Å². The van der Waals surface area contributed by atoms with E-state index >= 15 is 0 Å². The molecule has 9 heteroatoms. The van der Waals surface area contributed by atoms with Gasteiger partial charge in [-0.15, -0.1) is 0 Å². The van der Waals surface area contributed by atoms with E-state index in [4.69, 9.17) is 14.2 Å². The fraction of sp³-hybridized carbons (Fsp3) is 0.462. The average molecular weight is 488 g/mol. The van der Waals surface area contributed by atoms with Crippen LogP contribution in [-0.4, -0.2) is 80.7 Å². The summed E-state index contributed by atoms with van der Waals surface area (Å²) >= 11 is 0. The van der Waals surface area contributed by atoms with Gasteiger partial charge in [-0.05, 0) is 57.2 Å². The van der Waals surface area contributed by atoms with Gasteiger partial charge in [0.2, 0.25) is 5.75 Å². The first-order valence-corrected chi connectivity index (χ1v) is 12.1. The van der Waals surface area contributed by atoms with E-state index in [1.54, 1.807) is 12.1 Å². The third kappa shape index (κ3) is 7.08. The number of rotatable bonds is 11. The summed E-state index contributed by atoms with van der Waals surface area (Å²) < 4.78 is 30.2. The van der Waals surface area contributed by atoms with Crippen molar-refractivity contribution in [2.75, 3.05) is 59.1 Å². The third-order valence-corrected chi connectivity index (χ3v) is 5.64. The zero-order chi connectivity index (χ0) is 25.2. The van der Waals surface area contributed by atoms with Gasteiger partial charge in [0, 0.05) is 50.4 Å². The predicted octanol–water partition coefficient (Wildman–Crippen LogP) is 3.21. The highest BCUT2D eigenvalue weighted by Gasteiger charge is 2.25. The van der Waals surface area contributed by atoms with Crippen LogP contribution in [0.25, 0.3) is 0 Å². The number of carbonyl (C=O) groups is 2. The Bertz CT molecular complexity index is 964. The molecule has 2 amide bonds. The van der Waals surface area contributed by atoms with Gasteiger partial charge >= 0.3 is 0 Å². The van der Waals surface area contributed by atoms with Crippen molar-refractivity contribution >= 4 is 11.8 Å². The van der Waals surface area contributed by atoms with Gasteiger partial charge in [0.05, 0.1) is 19.8 Å². The lowest BCUT2D eigenvalue weighted by molar-refractivity contribution is 0.0637. The molecule has 2 aromatic rings. The quantitative estimate of drug-likeness (QED) is 0.524.